The zero-order valence-corrected chi connectivity index (χ0v) is 28.1. The second-order valence-electron chi connectivity index (χ2n) is 12.5. The normalized spacial score (nSPS) is 15.6. The van der Waals surface area contributed by atoms with Gasteiger partial charge in [-0.25, -0.2) is 0 Å². The zero-order chi connectivity index (χ0) is 32.0. The maximum absolute atomic E-state index is 13.9. The van der Waals surface area contributed by atoms with E-state index in [9.17, 15) is 23.1 Å². The molecule has 2 atom stereocenters. The van der Waals surface area contributed by atoms with Crippen LogP contribution < -0.4 is 0 Å². The molecule has 7 heteroatoms. The third-order valence-electron chi connectivity index (χ3n) is 7.18. The lowest BCUT2D eigenvalue weighted by Gasteiger charge is -2.30. The average Bonchev–Trinajstić information content (AvgIpc) is 2.83. The number of hydrogen-bond acceptors (Lipinski definition) is 4. The predicted molar refractivity (Wildman–Crippen MR) is 170 cm³/mol. The molecule has 2 unspecified atom stereocenters. The van der Waals surface area contributed by atoms with Crippen molar-refractivity contribution in [3.63, 3.8) is 0 Å². The van der Waals surface area contributed by atoms with Crippen molar-refractivity contribution in [2.24, 2.45) is 23.2 Å². The highest BCUT2D eigenvalue weighted by molar-refractivity contribution is 8.05. The summed E-state index contributed by atoms with van der Waals surface area (Å²) in [5.74, 6) is -1.67. The number of rotatable bonds is 17. The topological polar surface area (TPSA) is 46.5 Å². The molecule has 0 fully saturated rings. The molecule has 3 nitrogen and oxygen atoms in total. The lowest BCUT2D eigenvalue weighted by atomic mass is 9.76. The summed E-state index contributed by atoms with van der Waals surface area (Å²) in [6.07, 6.45) is 2.64. The van der Waals surface area contributed by atoms with Gasteiger partial charge in [-0.1, -0.05) is 72.3 Å². The summed E-state index contributed by atoms with van der Waals surface area (Å²) >= 11 is 1.64. The Hall–Kier alpha value is -1.89. The lowest BCUT2D eigenvalue weighted by molar-refractivity contribution is -0.177. The summed E-state index contributed by atoms with van der Waals surface area (Å²) < 4.78 is 47.5. The van der Waals surface area contributed by atoms with Crippen molar-refractivity contribution in [3.8, 4) is 0 Å². The fourth-order valence-electron chi connectivity index (χ4n) is 4.75. The monoisotopic (exact) mass is 600 g/mol. The number of ether oxygens (including phenoxy) is 1. The van der Waals surface area contributed by atoms with Gasteiger partial charge in [0.05, 0.1) is 12.2 Å². The van der Waals surface area contributed by atoms with E-state index in [2.05, 4.69) is 20.8 Å². The summed E-state index contributed by atoms with van der Waals surface area (Å²) in [7, 11) is 0. The maximum Gasteiger partial charge on any atom is 0.392 e. The van der Waals surface area contributed by atoms with Crippen molar-refractivity contribution in [3.05, 3.63) is 57.1 Å². The Morgan fingerprint density at radius 1 is 1.02 bits per heavy atom. The van der Waals surface area contributed by atoms with Crippen LogP contribution in [0.2, 0.25) is 0 Å². The van der Waals surface area contributed by atoms with E-state index >= 15 is 0 Å². The molecule has 236 valence electrons. The smallest absolute Gasteiger partial charge is 0.392 e. The van der Waals surface area contributed by atoms with Crippen LogP contribution in [0.1, 0.15) is 115 Å². The Labute approximate surface area is 252 Å². The number of alkyl halides is 3. The van der Waals surface area contributed by atoms with E-state index < -0.39 is 29.6 Å². The van der Waals surface area contributed by atoms with Gasteiger partial charge in [0.25, 0.3) is 0 Å². The highest BCUT2D eigenvalue weighted by atomic mass is 32.2. The Bertz CT molecular complexity index is 962. The summed E-state index contributed by atoms with van der Waals surface area (Å²) in [6.45, 7) is 21.8. The number of esters is 1. The van der Waals surface area contributed by atoms with Gasteiger partial charge in [0.1, 0.15) is 6.10 Å². The first-order valence-corrected chi connectivity index (χ1v) is 15.7. The molecule has 0 aromatic rings. The van der Waals surface area contributed by atoms with Crippen molar-refractivity contribution in [2.75, 3.05) is 0 Å². The van der Waals surface area contributed by atoms with Gasteiger partial charge < -0.3 is 9.84 Å². The first-order valence-electron chi connectivity index (χ1n) is 14.8. The zero-order valence-electron chi connectivity index (χ0n) is 27.2. The highest BCUT2D eigenvalue weighted by Gasteiger charge is 2.39. The molecule has 0 amide bonds. The van der Waals surface area contributed by atoms with Crippen LogP contribution in [0.5, 0.6) is 0 Å². The number of halogens is 3. The first kappa shape index (κ1) is 39.1. The van der Waals surface area contributed by atoms with Gasteiger partial charge in [-0.3, -0.25) is 4.79 Å². The molecule has 0 aliphatic rings. The number of allylic oxidation sites excluding steroid dienone is 7. The van der Waals surface area contributed by atoms with E-state index in [-0.39, 0.29) is 37.5 Å². The molecular weight excluding hydrogens is 545 g/mol. The standard InChI is InChI=1S/C34H55F3O3S/c1-12-31(25(6)7)41-22-26(8)20-27(9)30(17-16-28(34(35,36)37)15-13-14-23(2)3)40-32(39)18-19-33(10,11)29(21-38)24(4)5/h13-14,20-24,28,30,38H,12,15-19H2,1-11H3/b14-13+,26-22+,27-20+,29-21?. The molecule has 1 N–H and O–H groups in total. The van der Waals surface area contributed by atoms with E-state index in [4.69, 9.17) is 4.74 Å². The molecule has 0 saturated carbocycles. The lowest BCUT2D eigenvalue weighted by Crippen LogP contribution is -2.27. The second kappa shape index (κ2) is 18.6. The number of carbonyl (C=O) groups excluding carboxylic acids is 1. The summed E-state index contributed by atoms with van der Waals surface area (Å²) in [5, 5.41) is 11.7. The molecule has 0 aliphatic heterocycles. The predicted octanol–water partition coefficient (Wildman–Crippen LogP) is 11.7. The van der Waals surface area contributed by atoms with E-state index in [1.807, 2.05) is 66.9 Å². The molecular formula is C34H55F3O3S. The summed E-state index contributed by atoms with van der Waals surface area (Å²) in [4.78, 5) is 14.3. The van der Waals surface area contributed by atoms with Crippen molar-refractivity contribution in [2.45, 2.75) is 127 Å². The summed E-state index contributed by atoms with van der Waals surface area (Å²) in [5.41, 5.74) is 3.33. The van der Waals surface area contributed by atoms with Gasteiger partial charge >= 0.3 is 12.1 Å². The second-order valence-corrected chi connectivity index (χ2v) is 13.4. The molecule has 0 bridgehead atoms. The van der Waals surface area contributed by atoms with Crippen LogP contribution in [0.3, 0.4) is 0 Å². The van der Waals surface area contributed by atoms with Crippen LogP contribution in [0.15, 0.2) is 57.1 Å². The minimum absolute atomic E-state index is 0.0829. The molecule has 41 heavy (non-hydrogen) atoms. The van der Waals surface area contributed by atoms with E-state index in [1.54, 1.807) is 23.9 Å². The van der Waals surface area contributed by atoms with Crippen LogP contribution >= 0.6 is 11.8 Å². The largest absolute Gasteiger partial charge is 0.516 e. The number of aliphatic hydroxyl groups excluding tert-OH is 1. The third kappa shape index (κ3) is 15.8. The van der Waals surface area contributed by atoms with Crippen molar-refractivity contribution < 1.29 is 27.8 Å². The Morgan fingerprint density at radius 2 is 1.63 bits per heavy atom. The molecule has 0 rings (SSSR count). The van der Waals surface area contributed by atoms with Crippen LogP contribution in [0, 0.1) is 23.2 Å². The molecule has 0 aromatic carbocycles. The van der Waals surface area contributed by atoms with Gasteiger partial charge in [0.2, 0.25) is 0 Å². The number of aliphatic hydroxyl groups is 1. The van der Waals surface area contributed by atoms with Gasteiger partial charge in [0, 0.05) is 6.42 Å². The van der Waals surface area contributed by atoms with Crippen molar-refractivity contribution in [1.29, 1.82) is 0 Å². The first-order chi connectivity index (χ1) is 18.8. The van der Waals surface area contributed by atoms with Crippen molar-refractivity contribution in [1.82, 2.24) is 0 Å². The quantitative estimate of drug-likeness (QED) is 0.0781. The van der Waals surface area contributed by atoms with E-state index in [1.165, 1.54) is 10.5 Å². The Morgan fingerprint density at radius 3 is 2.10 bits per heavy atom. The fraction of sp³-hybridized carbons (Fsp3) is 0.676. The van der Waals surface area contributed by atoms with Gasteiger partial charge in [0.15, 0.2) is 0 Å². The number of thioether (sulfide) groups is 1. The SMILES string of the molecule is CCC(S/C=C(C)/C=C(\C)C(CCC(C/C=C/C(C)C)C(F)(F)F)OC(=O)CCC(C)(C)C(=CO)C(C)C)=C(C)C. The third-order valence-corrected chi connectivity index (χ3v) is 8.65. The number of carbonyl (C=O) groups is 1. The highest BCUT2D eigenvalue weighted by Crippen LogP contribution is 2.37. The van der Waals surface area contributed by atoms with Gasteiger partial charge in [-0.15, -0.1) is 11.8 Å². The van der Waals surface area contributed by atoms with Crippen LogP contribution in [0.25, 0.3) is 0 Å². The minimum atomic E-state index is -4.34. The van der Waals surface area contributed by atoms with Crippen molar-refractivity contribution >= 4 is 17.7 Å². The Kier molecular flexibility index (Phi) is 17.7. The van der Waals surface area contributed by atoms with Crippen LogP contribution in [0.4, 0.5) is 13.2 Å². The maximum atomic E-state index is 13.9. The molecule has 0 aliphatic carbocycles. The molecule has 0 radical (unpaired) electrons. The fourth-order valence-corrected chi connectivity index (χ4v) is 5.55. The molecule has 0 heterocycles. The number of hydrogen-bond donors (Lipinski definition) is 1. The summed E-state index contributed by atoms with van der Waals surface area (Å²) in [6, 6.07) is 0. The molecule has 0 saturated heterocycles. The molecule has 0 aromatic heterocycles. The molecule has 0 spiro atoms. The Balaban J connectivity index is 5.95. The average molecular weight is 601 g/mol. The minimum Gasteiger partial charge on any atom is -0.516 e. The van der Waals surface area contributed by atoms with E-state index in [0.29, 0.717) is 6.42 Å². The van der Waals surface area contributed by atoms with Gasteiger partial charge in [-0.05, 0) is 104 Å². The van der Waals surface area contributed by atoms with Gasteiger partial charge in [-0.2, -0.15) is 13.2 Å². The van der Waals surface area contributed by atoms with E-state index in [0.717, 1.165) is 29.4 Å². The van der Waals surface area contributed by atoms with Crippen LogP contribution in [-0.4, -0.2) is 23.4 Å². The van der Waals surface area contributed by atoms with Crippen LogP contribution in [-0.2, 0) is 9.53 Å².